The van der Waals surface area contributed by atoms with Gasteiger partial charge < -0.3 is 10.6 Å². The zero-order valence-corrected chi connectivity index (χ0v) is 23.6. The quantitative estimate of drug-likeness (QED) is 0.0832. The number of nitro groups is 1. The summed E-state index contributed by atoms with van der Waals surface area (Å²) >= 11 is 7.60. The van der Waals surface area contributed by atoms with Gasteiger partial charge in [0.2, 0.25) is 0 Å². The molecule has 10 nitrogen and oxygen atoms in total. The normalized spacial score (nSPS) is 11.0. The van der Waals surface area contributed by atoms with Gasteiger partial charge >= 0.3 is 0 Å². The van der Waals surface area contributed by atoms with E-state index in [2.05, 4.69) is 10.6 Å². The Morgan fingerprint density at radius 2 is 1.56 bits per heavy atom. The summed E-state index contributed by atoms with van der Waals surface area (Å²) in [6, 6.07) is 25.0. The number of carbonyl (C=O) groups is 2. The number of halogens is 1. The molecule has 0 bridgehead atoms. The molecule has 0 unspecified atom stereocenters. The third kappa shape index (κ3) is 7.84. The lowest BCUT2D eigenvalue weighted by molar-refractivity contribution is -0.384. The van der Waals surface area contributed by atoms with E-state index >= 15 is 0 Å². The molecule has 0 saturated carbocycles. The molecule has 0 aliphatic carbocycles. The number of thioether (sulfide) groups is 1. The first-order valence-electron chi connectivity index (χ1n) is 12.1. The van der Waals surface area contributed by atoms with Crippen LogP contribution in [0.1, 0.15) is 20.7 Å². The van der Waals surface area contributed by atoms with Gasteiger partial charge in [0.1, 0.15) is 5.69 Å². The second-order valence-electron chi connectivity index (χ2n) is 8.47. The van der Waals surface area contributed by atoms with Crippen molar-refractivity contribution >= 4 is 62.3 Å². The molecule has 0 heterocycles. The standard InChI is InChI=1S/C28H23ClN4O6S2/c29-24-9-5-4-8-23(24)28(35)31-20-12-10-19(11-13-20)27(34)32-41(38,39)22-14-15-25(26(18-22)33(36)37)30-16-17-40-21-6-2-1-3-7-21/h1-15,18,30H,16-17H2,(H,31,35)(H,32,34). The summed E-state index contributed by atoms with van der Waals surface area (Å²) in [5.74, 6) is -0.777. The van der Waals surface area contributed by atoms with Crippen molar-refractivity contribution in [3.8, 4) is 0 Å². The van der Waals surface area contributed by atoms with Crippen molar-refractivity contribution in [2.75, 3.05) is 22.9 Å². The van der Waals surface area contributed by atoms with E-state index in [0.717, 1.165) is 11.0 Å². The molecule has 210 valence electrons. The summed E-state index contributed by atoms with van der Waals surface area (Å²) in [4.78, 5) is 36.7. The van der Waals surface area contributed by atoms with Crippen LogP contribution in [0.25, 0.3) is 0 Å². The first kappa shape index (κ1) is 29.6. The van der Waals surface area contributed by atoms with Crippen molar-refractivity contribution in [1.82, 2.24) is 4.72 Å². The van der Waals surface area contributed by atoms with E-state index in [9.17, 15) is 28.1 Å². The second kappa shape index (κ2) is 13.3. The number of carbonyl (C=O) groups excluding carboxylic acids is 2. The number of amides is 2. The molecule has 0 atom stereocenters. The summed E-state index contributed by atoms with van der Waals surface area (Å²) in [7, 11) is -4.43. The molecule has 0 aromatic heterocycles. The van der Waals surface area contributed by atoms with E-state index < -0.39 is 37.3 Å². The lowest BCUT2D eigenvalue weighted by Crippen LogP contribution is -2.30. The molecule has 13 heteroatoms. The fourth-order valence-electron chi connectivity index (χ4n) is 3.64. The highest BCUT2D eigenvalue weighted by Crippen LogP contribution is 2.28. The Kier molecular flexibility index (Phi) is 9.61. The van der Waals surface area contributed by atoms with Gasteiger partial charge in [-0.15, -0.1) is 11.8 Å². The van der Waals surface area contributed by atoms with Gasteiger partial charge in [0, 0.05) is 34.5 Å². The summed E-state index contributed by atoms with van der Waals surface area (Å²) < 4.78 is 27.7. The highest BCUT2D eigenvalue weighted by Gasteiger charge is 2.24. The maximum absolute atomic E-state index is 12.9. The molecule has 4 aromatic carbocycles. The zero-order valence-electron chi connectivity index (χ0n) is 21.2. The molecule has 2 amide bonds. The minimum absolute atomic E-state index is 0.00646. The van der Waals surface area contributed by atoms with Crippen molar-refractivity contribution in [2.24, 2.45) is 0 Å². The van der Waals surface area contributed by atoms with Gasteiger partial charge in [0.05, 0.1) is 20.4 Å². The molecule has 0 fully saturated rings. The van der Waals surface area contributed by atoms with Crippen LogP contribution < -0.4 is 15.4 Å². The average molecular weight is 611 g/mol. The lowest BCUT2D eigenvalue weighted by atomic mass is 10.1. The van der Waals surface area contributed by atoms with Gasteiger partial charge in [-0.05, 0) is 60.7 Å². The monoisotopic (exact) mass is 610 g/mol. The third-order valence-corrected chi connectivity index (χ3v) is 8.33. The van der Waals surface area contributed by atoms with E-state index in [1.807, 2.05) is 35.1 Å². The van der Waals surface area contributed by atoms with E-state index in [0.29, 0.717) is 18.0 Å². The van der Waals surface area contributed by atoms with E-state index in [1.54, 1.807) is 36.0 Å². The molecule has 0 aliphatic heterocycles. The number of nitrogens with zero attached hydrogens (tertiary/aromatic N) is 1. The Balaban J connectivity index is 1.39. The topological polar surface area (TPSA) is 148 Å². The van der Waals surface area contributed by atoms with Crippen molar-refractivity contribution < 1.29 is 22.9 Å². The molecular formula is C28H23ClN4O6S2. The van der Waals surface area contributed by atoms with Crippen LogP contribution in [0.5, 0.6) is 0 Å². The second-order valence-corrected chi connectivity index (χ2v) is 11.7. The number of anilines is 2. The minimum atomic E-state index is -4.43. The minimum Gasteiger partial charge on any atom is -0.379 e. The molecule has 0 aliphatic rings. The molecule has 0 radical (unpaired) electrons. The molecule has 0 saturated heterocycles. The molecule has 4 rings (SSSR count). The van der Waals surface area contributed by atoms with Crippen LogP contribution in [0.2, 0.25) is 5.02 Å². The summed E-state index contributed by atoms with van der Waals surface area (Å²) in [5.41, 5.74) is 0.332. The summed E-state index contributed by atoms with van der Waals surface area (Å²) in [5, 5.41) is 17.5. The van der Waals surface area contributed by atoms with Crippen molar-refractivity contribution in [1.29, 1.82) is 0 Å². The molecule has 0 spiro atoms. The Morgan fingerprint density at radius 1 is 0.878 bits per heavy atom. The number of hydrogen-bond acceptors (Lipinski definition) is 8. The maximum atomic E-state index is 12.9. The number of nitro benzene ring substituents is 1. The number of nitrogens with one attached hydrogen (secondary N) is 3. The van der Waals surface area contributed by atoms with Gasteiger partial charge in [0.15, 0.2) is 0 Å². The van der Waals surface area contributed by atoms with E-state index in [4.69, 9.17) is 11.6 Å². The van der Waals surface area contributed by atoms with Crippen LogP contribution in [0.15, 0.2) is 107 Å². The van der Waals surface area contributed by atoms with Crippen molar-refractivity contribution in [3.05, 3.63) is 123 Å². The van der Waals surface area contributed by atoms with Gasteiger partial charge in [-0.2, -0.15) is 0 Å². The van der Waals surface area contributed by atoms with Crippen LogP contribution in [0.4, 0.5) is 17.1 Å². The first-order chi connectivity index (χ1) is 19.6. The predicted octanol–water partition coefficient (Wildman–Crippen LogP) is 5.82. The number of benzene rings is 4. The van der Waals surface area contributed by atoms with Gasteiger partial charge in [-0.1, -0.05) is 41.9 Å². The summed E-state index contributed by atoms with van der Waals surface area (Å²) in [6.07, 6.45) is 0. The highest BCUT2D eigenvalue weighted by atomic mass is 35.5. The smallest absolute Gasteiger partial charge is 0.293 e. The largest absolute Gasteiger partial charge is 0.379 e. The van der Waals surface area contributed by atoms with Crippen LogP contribution in [-0.2, 0) is 10.0 Å². The zero-order chi connectivity index (χ0) is 29.4. The van der Waals surface area contributed by atoms with Crippen molar-refractivity contribution in [3.63, 3.8) is 0 Å². The van der Waals surface area contributed by atoms with Gasteiger partial charge in [-0.3, -0.25) is 19.7 Å². The predicted molar refractivity (Wildman–Crippen MR) is 159 cm³/mol. The first-order valence-corrected chi connectivity index (χ1v) is 14.9. The molecular weight excluding hydrogens is 588 g/mol. The number of hydrogen-bond donors (Lipinski definition) is 3. The highest BCUT2D eigenvalue weighted by molar-refractivity contribution is 7.99. The number of sulfonamides is 1. The van der Waals surface area contributed by atoms with Gasteiger partial charge in [-0.25, -0.2) is 13.1 Å². The fourth-order valence-corrected chi connectivity index (χ4v) is 5.64. The van der Waals surface area contributed by atoms with Crippen molar-refractivity contribution in [2.45, 2.75) is 9.79 Å². The SMILES string of the molecule is O=C(NS(=O)(=O)c1ccc(NCCSc2ccccc2)c([N+](=O)[O-])c1)c1ccc(NC(=O)c2ccccc2Cl)cc1. The summed E-state index contributed by atoms with van der Waals surface area (Å²) in [6.45, 7) is 0.401. The Labute approximate surface area is 245 Å². The van der Waals surface area contributed by atoms with E-state index in [1.165, 1.54) is 36.4 Å². The van der Waals surface area contributed by atoms with Crippen LogP contribution >= 0.6 is 23.4 Å². The fraction of sp³-hybridized carbons (Fsp3) is 0.0714. The van der Waals surface area contributed by atoms with E-state index in [-0.39, 0.29) is 21.8 Å². The number of rotatable bonds is 11. The van der Waals surface area contributed by atoms with Crippen LogP contribution in [0.3, 0.4) is 0 Å². The van der Waals surface area contributed by atoms with Gasteiger partial charge in [0.25, 0.3) is 27.5 Å². The Morgan fingerprint density at radius 3 is 2.24 bits per heavy atom. The Bertz CT molecular complexity index is 1680. The van der Waals surface area contributed by atoms with Crippen LogP contribution in [0, 0.1) is 10.1 Å². The van der Waals surface area contributed by atoms with Crippen LogP contribution in [-0.4, -0.2) is 37.5 Å². The molecule has 4 aromatic rings. The molecule has 41 heavy (non-hydrogen) atoms. The molecule has 3 N–H and O–H groups in total. The maximum Gasteiger partial charge on any atom is 0.293 e. The lowest BCUT2D eigenvalue weighted by Gasteiger charge is -2.11. The Hall–Kier alpha value is -4.39. The average Bonchev–Trinajstić information content (AvgIpc) is 2.96. The third-order valence-electron chi connectivity index (χ3n) is 5.66.